The summed E-state index contributed by atoms with van der Waals surface area (Å²) < 4.78 is 0. The number of amides is 1. The maximum absolute atomic E-state index is 12.3. The van der Waals surface area contributed by atoms with E-state index < -0.39 is 0 Å². The van der Waals surface area contributed by atoms with E-state index in [-0.39, 0.29) is 24.0 Å². The normalized spacial score (nSPS) is 24.7. The van der Waals surface area contributed by atoms with Gasteiger partial charge in [-0.05, 0) is 45.2 Å². The molecule has 4 heteroatoms. The number of aryl methyl sites for hydroxylation is 1. The second kappa shape index (κ2) is 5.70. The Balaban J connectivity index is 2.40. The van der Waals surface area contributed by atoms with Crippen molar-refractivity contribution in [3.63, 3.8) is 0 Å². The van der Waals surface area contributed by atoms with Gasteiger partial charge in [0, 0.05) is 24.7 Å². The second-order valence-corrected chi connectivity index (χ2v) is 5.66. The van der Waals surface area contributed by atoms with Crippen LogP contribution in [0.2, 0.25) is 0 Å². The van der Waals surface area contributed by atoms with E-state index in [2.05, 4.69) is 4.98 Å². The van der Waals surface area contributed by atoms with Crippen molar-refractivity contribution in [3.8, 4) is 0 Å². The zero-order chi connectivity index (χ0) is 14.0. The molecule has 0 aromatic carbocycles. The van der Waals surface area contributed by atoms with Crippen LogP contribution >= 0.6 is 0 Å². The lowest BCUT2D eigenvalue weighted by molar-refractivity contribution is -0.135. The van der Waals surface area contributed by atoms with Crippen LogP contribution in [-0.4, -0.2) is 27.9 Å². The average molecular weight is 261 g/mol. The third kappa shape index (κ3) is 2.95. The van der Waals surface area contributed by atoms with Gasteiger partial charge in [-0.25, -0.2) is 0 Å². The Hall–Kier alpha value is -1.42. The number of pyridine rings is 1. The SMILES string of the molecule is Cc1ccc(C2C(N)CCCC(=O)N2C(C)C)nc1. The molecule has 0 saturated carbocycles. The zero-order valence-electron chi connectivity index (χ0n) is 12.0. The van der Waals surface area contributed by atoms with Gasteiger partial charge in [0.15, 0.2) is 0 Å². The summed E-state index contributed by atoms with van der Waals surface area (Å²) in [6.07, 6.45) is 4.17. The predicted molar refractivity (Wildman–Crippen MR) is 75.5 cm³/mol. The van der Waals surface area contributed by atoms with E-state index in [1.54, 1.807) is 0 Å². The van der Waals surface area contributed by atoms with Gasteiger partial charge in [-0.1, -0.05) is 6.07 Å². The number of rotatable bonds is 2. The molecule has 1 aliphatic heterocycles. The topological polar surface area (TPSA) is 59.2 Å². The quantitative estimate of drug-likeness (QED) is 0.887. The number of nitrogens with zero attached hydrogens (tertiary/aromatic N) is 2. The molecule has 1 aromatic rings. The van der Waals surface area contributed by atoms with E-state index in [0.29, 0.717) is 6.42 Å². The van der Waals surface area contributed by atoms with E-state index in [1.165, 1.54) is 0 Å². The molecule has 0 spiro atoms. The Bertz CT molecular complexity index is 441. The standard InChI is InChI=1S/C15H23N3O/c1-10(2)18-14(19)6-4-5-12(16)15(18)13-8-7-11(3)9-17-13/h7-10,12,15H,4-6,16H2,1-3H3. The number of hydrogen-bond donors (Lipinski definition) is 1. The maximum Gasteiger partial charge on any atom is 0.223 e. The molecule has 19 heavy (non-hydrogen) atoms. The lowest BCUT2D eigenvalue weighted by Crippen LogP contribution is -2.46. The summed E-state index contributed by atoms with van der Waals surface area (Å²) in [7, 11) is 0. The highest BCUT2D eigenvalue weighted by Gasteiger charge is 2.35. The largest absolute Gasteiger partial charge is 0.330 e. The molecule has 2 unspecified atom stereocenters. The molecule has 1 fully saturated rings. The molecule has 1 amide bonds. The lowest BCUT2D eigenvalue weighted by atomic mass is 9.99. The van der Waals surface area contributed by atoms with Gasteiger partial charge in [0.1, 0.15) is 0 Å². The molecule has 0 aliphatic carbocycles. The zero-order valence-corrected chi connectivity index (χ0v) is 12.0. The Labute approximate surface area is 115 Å². The molecule has 2 atom stereocenters. The monoisotopic (exact) mass is 261 g/mol. The molecule has 4 nitrogen and oxygen atoms in total. The highest BCUT2D eigenvalue weighted by molar-refractivity contribution is 5.77. The summed E-state index contributed by atoms with van der Waals surface area (Å²) in [5, 5.41) is 0. The lowest BCUT2D eigenvalue weighted by Gasteiger charge is -2.36. The second-order valence-electron chi connectivity index (χ2n) is 5.66. The van der Waals surface area contributed by atoms with Crippen LogP contribution < -0.4 is 5.73 Å². The first-order valence-corrected chi connectivity index (χ1v) is 7.00. The molecule has 1 aromatic heterocycles. The van der Waals surface area contributed by atoms with Gasteiger partial charge in [-0.15, -0.1) is 0 Å². The van der Waals surface area contributed by atoms with E-state index in [1.807, 2.05) is 44.0 Å². The van der Waals surface area contributed by atoms with Gasteiger partial charge in [-0.3, -0.25) is 9.78 Å². The van der Waals surface area contributed by atoms with Crippen LogP contribution in [-0.2, 0) is 4.79 Å². The molecule has 1 saturated heterocycles. The van der Waals surface area contributed by atoms with Crippen molar-refractivity contribution < 1.29 is 4.79 Å². The summed E-state index contributed by atoms with van der Waals surface area (Å²) in [5.41, 5.74) is 8.33. The fourth-order valence-corrected chi connectivity index (χ4v) is 2.76. The van der Waals surface area contributed by atoms with Crippen LogP contribution in [0.1, 0.15) is 50.4 Å². The Kier molecular flexibility index (Phi) is 4.20. The minimum absolute atomic E-state index is 0.0379. The van der Waals surface area contributed by atoms with Crippen molar-refractivity contribution in [3.05, 3.63) is 29.6 Å². The van der Waals surface area contributed by atoms with Crippen LogP contribution in [0.4, 0.5) is 0 Å². The van der Waals surface area contributed by atoms with Crippen molar-refractivity contribution in [1.29, 1.82) is 0 Å². The average Bonchev–Trinajstić information content (AvgIpc) is 2.50. The fraction of sp³-hybridized carbons (Fsp3) is 0.600. The van der Waals surface area contributed by atoms with E-state index >= 15 is 0 Å². The van der Waals surface area contributed by atoms with Crippen LogP contribution in [0.5, 0.6) is 0 Å². The van der Waals surface area contributed by atoms with Gasteiger partial charge >= 0.3 is 0 Å². The first-order valence-electron chi connectivity index (χ1n) is 7.00. The summed E-state index contributed by atoms with van der Waals surface area (Å²) >= 11 is 0. The third-order valence-electron chi connectivity index (χ3n) is 3.71. The summed E-state index contributed by atoms with van der Waals surface area (Å²) in [5.74, 6) is 0.190. The predicted octanol–water partition coefficient (Wildman–Crippen LogP) is 2.18. The third-order valence-corrected chi connectivity index (χ3v) is 3.71. The van der Waals surface area contributed by atoms with Gasteiger partial charge in [0.25, 0.3) is 0 Å². The van der Waals surface area contributed by atoms with E-state index in [0.717, 1.165) is 24.1 Å². The number of aromatic nitrogens is 1. The van der Waals surface area contributed by atoms with Crippen molar-refractivity contribution in [2.75, 3.05) is 0 Å². The first kappa shape index (κ1) is 14.0. The Morgan fingerprint density at radius 1 is 1.42 bits per heavy atom. The first-order chi connectivity index (χ1) is 9.00. The van der Waals surface area contributed by atoms with Crippen LogP contribution in [0.25, 0.3) is 0 Å². The van der Waals surface area contributed by atoms with Gasteiger partial charge in [0.05, 0.1) is 11.7 Å². The molecule has 0 bridgehead atoms. The Morgan fingerprint density at radius 2 is 2.16 bits per heavy atom. The van der Waals surface area contributed by atoms with Crippen LogP contribution in [0.3, 0.4) is 0 Å². The molecule has 2 heterocycles. The molecule has 2 N–H and O–H groups in total. The summed E-state index contributed by atoms with van der Waals surface area (Å²) in [6.45, 7) is 6.09. The molecule has 1 aliphatic rings. The number of nitrogens with two attached hydrogens (primary N) is 1. The molecule has 104 valence electrons. The number of carbonyl (C=O) groups is 1. The fourth-order valence-electron chi connectivity index (χ4n) is 2.76. The maximum atomic E-state index is 12.3. The molecule has 2 rings (SSSR count). The van der Waals surface area contributed by atoms with Gasteiger partial charge < -0.3 is 10.6 Å². The minimum atomic E-state index is -0.101. The molecular weight excluding hydrogens is 238 g/mol. The van der Waals surface area contributed by atoms with E-state index in [9.17, 15) is 4.79 Å². The van der Waals surface area contributed by atoms with E-state index in [4.69, 9.17) is 5.73 Å². The van der Waals surface area contributed by atoms with Gasteiger partial charge in [-0.2, -0.15) is 0 Å². The van der Waals surface area contributed by atoms with Crippen LogP contribution in [0, 0.1) is 6.92 Å². The highest BCUT2D eigenvalue weighted by atomic mass is 16.2. The highest BCUT2D eigenvalue weighted by Crippen LogP contribution is 2.30. The molecular formula is C15H23N3O. The number of hydrogen-bond acceptors (Lipinski definition) is 3. The number of likely N-dealkylation sites (tertiary alicyclic amines) is 1. The van der Waals surface area contributed by atoms with Crippen molar-refractivity contribution >= 4 is 5.91 Å². The van der Waals surface area contributed by atoms with Crippen molar-refractivity contribution in [1.82, 2.24) is 9.88 Å². The summed E-state index contributed by atoms with van der Waals surface area (Å²) in [6, 6.07) is 4.03. The summed E-state index contributed by atoms with van der Waals surface area (Å²) in [4.78, 5) is 18.7. The smallest absolute Gasteiger partial charge is 0.223 e. The van der Waals surface area contributed by atoms with Crippen molar-refractivity contribution in [2.24, 2.45) is 5.73 Å². The van der Waals surface area contributed by atoms with Crippen LogP contribution in [0.15, 0.2) is 18.3 Å². The molecule has 0 radical (unpaired) electrons. The van der Waals surface area contributed by atoms with Crippen molar-refractivity contribution in [2.45, 2.75) is 58.2 Å². The Morgan fingerprint density at radius 3 is 2.74 bits per heavy atom. The van der Waals surface area contributed by atoms with Gasteiger partial charge in [0.2, 0.25) is 5.91 Å². The minimum Gasteiger partial charge on any atom is -0.330 e. The number of carbonyl (C=O) groups excluding carboxylic acids is 1.